The monoisotopic (exact) mass is 367 g/mol. The van der Waals surface area contributed by atoms with Crippen LogP contribution in [0.2, 0.25) is 0 Å². The van der Waals surface area contributed by atoms with E-state index in [9.17, 15) is 13.2 Å². The maximum atomic E-state index is 12.1. The number of hydrogen-bond acceptors (Lipinski definition) is 4. The van der Waals surface area contributed by atoms with Gasteiger partial charge in [-0.1, -0.05) is 38.8 Å². The summed E-state index contributed by atoms with van der Waals surface area (Å²) in [6, 6.07) is 6.77. The summed E-state index contributed by atoms with van der Waals surface area (Å²) >= 11 is 0. The summed E-state index contributed by atoms with van der Waals surface area (Å²) in [5, 5.41) is 11.4. The number of hydrogen-bond donors (Lipinski definition) is 3. The van der Waals surface area contributed by atoms with E-state index in [0.717, 1.165) is 18.4 Å². The third kappa shape index (κ3) is 6.09. The molecule has 140 valence electrons. The highest BCUT2D eigenvalue weighted by molar-refractivity contribution is 7.89. The molecule has 25 heavy (non-hydrogen) atoms. The highest BCUT2D eigenvalue weighted by Crippen LogP contribution is 2.29. The van der Waals surface area contributed by atoms with Crippen LogP contribution < -0.4 is 15.8 Å². The van der Waals surface area contributed by atoms with Crippen LogP contribution in [0.25, 0.3) is 0 Å². The normalized spacial score (nSPS) is 24.0. The Morgan fingerprint density at radius 3 is 2.52 bits per heavy atom. The second-order valence-electron chi connectivity index (χ2n) is 7.06. The molecule has 0 aliphatic heterocycles. The zero-order chi connectivity index (χ0) is 18.4. The standard InChI is InChI=1S/C18H29N3O3S/c1-13-4-3-5-17(14(13)2)21-18(22)12-20-11-10-15-6-8-16(9-7-15)25(19,23)24/h6-9,13-14,17,20H,3-5,10-12H2,1-2H3,(H,21,22)(H2,19,23,24)/t13-,14+,17-/m0/s1. The van der Waals surface area contributed by atoms with Gasteiger partial charge in [0, 0.05) is 6.04 Å². The van der Waals surface area contributed by atoms with Crippen LogP contribution in [0.3, 0.4) is 0 Å². The van der Waals surface area contributed by atoms with Gasteiger partial charge in [0.05, 0.1) is 11.4 Å². The average molecular weight is 368 g/mol. The third-order valence-electron chi connectivity index (χ3n) is 5.18. The van der Waals surface area contributed by atoms with E-state index in [1.54, 1.807) is 12.1 Å². The van der Waals surface area contributed by atoms with Gasteiger partial charge in [0.2, 0.25) is 15.9 Å². The van der Waals surface area contributed by atoms with Crippen molar-refractivity contribution in [3.8, 4) is 0 Å². The highest BCUT2D eigenvalue weighted by Gasteiger charge is 2.27. The number of carbonyl (C=O) groups excluding carboxylic acids is 1. The molecule has 0 unspecified atom stereocenters. The van der Waals surface area contributed by atoms with E-state index in [-0.39, 0.29) is 16.8 Å². The number of nitrogens with two attached hydrogens (primary N) is 1. The summed E-state index contributed by atoms with van der Waals surface area (Å²) in [4.78, 5) is 12.2. The lowest BCUT2D eigenvalue weighted by Gasteiger charge is -2.34. The van der Waals surface area contributed by atoms with Crippen molar-refractivity contribution >= 4 is 15.9 Å². The number of benzene rings is 1. The third-order valence-corrected chi connectivity index (χ3v) is 6.11. The molecule has 4 N–H and O–H groups in total. The van der Waals surface area contributed by atoms with E-state index in [4.69, 9.17) is 5.14 Å². The van der Waals surface area contributed by atoms with Crippen LogP contribution in [0.1, 0.15) is 38.7 Å². The first-order chi connectivity index (χ1) is 11.8. The molecule has 0 aromatic heterocycles. The fourth-order valence-corrected chi connectivity index (χ4v) is 3.84. The van der Waals surface area contributed by atoms with Gasteiger partial charge >= 0.3 is 0 Å². The molecule has 1 saturated carbocycles. The van der Waals surface area contributed by atoms with E-state index < -0.39 is 10.0 Å². The Hall–Kier alpha value is -1.44. The molecule has 6 nitrogen and oxygen atoms in total. The molecule has 2 rings (SSSR count). The minimum atomic E-state index is -3.65. The maximum absolute atomic E-state index is 12.1. The Kier molecular flexibility index (Phi) is 6.98. The smallest absolute Gasteiger partial charge is 0.238 e. The minimum absolute atomic E-state index is 0.0375. The van der Waals surface area contributed by atoms with Crippen LogP contribution in [0.15, 0.2) is 29.2 Å². The SMILES string of the molecule is C[C@H]1[C@@H](NC(=O)CNCCc2ccc(S(N)(=O)=O)cc2)CCC[C@@H]1C. The average Bonchev–Trinajstić information content (AvgIpc) is 2.55. The topological polar surface area (TPSA) is 101 Å². The van der Waals surface area contributed by atoms with Crippen molar-refractivity contribution in [3.63, 3.8) is 0 Å². The summed E-state index contributed by atoms with van der Waals surface area (Å²) in [5.41, 5.74) is 0.995. The Morgan fingerprint density at radius 1 is 1.20 bits per heavy atom. The molecule has 3 atom stereocenters. The number of rotatable bonds is 7. The Balaban J connectivity index is 1.69. The van der Waals surface area contributed by atoms with Gasteiger partial charge in [-0.15, -0.1) is 0 Å². The second-order valence-corrected chi connectivity index (χ2v) is 8.62. The molecule has 1 aliphatic carbocycles. The number of amides is 1. The van der Waals surface area contributed by atoms with Crippen LogP contribution in [0.5, 0.6) is 0 Å². The summed E-state index contributed by atoms with van der Waals surface area (Å²) < 4.78 is 22.4. The first-order valence-electron chi connectivity index (χ1n) is 8.89. The summed E-state index contributed by atoms with van der Waals surface area (Å²) in [6.07, 6.45) is 4.21. The molecular weight excluding hydrogens is 338 g/mol. The van der Waals surface area contributed by atoms with Gasteiger partial charge in [-0.25, -0.2) is 13.6 Å². The van der Waals surface area contributed by atoms with Gasteiger partial charge < -0.3 is 10.6 Å². The summed E-state index contributed by atoms with van der Waals surface area (Å²) in [6.45, 7) is 5.42. The van der Waals surface area contributed by atoms with Crippen molar-refractivity contribution < 1.29 is 13.2 Å². The van der Waals surface area contributed by atoms with Gasteiger partial charge in [-0.2, -0.15) is 0 Å². The van der Waals surface area contributed by atoms with Gasteiger partial charge in [0.25, 0.3) is 0 Å². The van der Waals surface area contributed by atoms with Crippen LogP contribution in [0.4, 0.5) is 0 Å². The molecule has 0 heterocycles. The van der Waals surface area contributed by atoms with Gasteiger partial charge in [0.15, 0.2) is 0 Å². The first-order valence-corrected chi connectivity index (χ1v) is 10.4. The molecule has 0 saturated heterocycles. The number of nitrogens with one attached hydrogen (secondary N) is 2. The van der Waals surface area contributed by atoms with E-state index >= 15 is 0 Å². The van der Waals surface area contributed by atoms with Crippen LogP contribution in [-0.2, 0) is 21.2 Å². The summed E-state index contributed by atoms with van der Waals surface area (Å²) in [5.74, 6) is 1.22. The molecule has 1 aromatic carbocycles. The number of sulfonamides is 1. The van der Waals surface area contributed by atoms with Crippen LogP contribution in [0, 0.1) is 11.8 Å². The molecule has 7 heteroatoms. The van der Waals surface area contributed by atoms with E-state index in [0.29, 0.717) is 24.9 Å². The molecule has 1 aromatic rings. The van der Waals surface area contributed by atoms with E-state index in [2.05, 4.69) is 24.5 Å². The molecule has 0 radical (unpaired) electrons. The largest absolute Gasteiger partial charge is 0.352 e. The number of primary sulfonamides is 1. The molecule has 0 spiro atoms. The van der Waals surface area contributed by atoms with Crippen LogP contribution >= 0.6 is 0 Å². The first kappa shape index (κ1) is 19.9. The minimum Gasteiger partial charge on any atom is -0.352 e. The van der Waals surface area contributed by atoms with Crippen molar-refractivity contribution in [2.45, 2.75) is 50.5 Å². The zero-order valence-corrected chi connectivity index (χ0v) is 15.8. The molecule has 0 bridgehead atoms. The van der Waals surface area contributed by atoms with Gasteiger partial charge in [-0.3, -0.25) is 4.79 Å². The lowest BCUT2D eigenvalue weighted by molar-refractivity contribution is -0.121. The molecular formula is C18H29N3O3S. The lowest BCUT2D eigenvalue weighted by Crippen LogP contribution is -2.46. The van der Waals surface area contributed by atoms with Crippen LogP contribution in [-0.4, -0.2) is 33.5 Å². The fraction of sp³-hybridized carbons (Fsp3) is 0.611. The zero-order valence-electron chi connectivity index (χ0n) is 15.0. The van der Waals surface area contributed by atoms with Crippen molar-refractivity contribution in [1.29, 1.82) is 0 Å². The Bertz CT molecular complexity index is 673. The highest BCUT2D eigenvalue weighted by atomic mass is 32.2. The second kappa shape index (κ2) is 8.78. The van der Waals surface area contributed by atoms with Crippen molar-refractivity contribution in [3.05, 3.63) is 29.8 Å². The van der Waals surface area contributed by atoms with Crippen molar-refractivity contribution in [2.24, 2.45) is 17.0 Å². The van der Waals surface area contributed by atoms with Crippen molar-refractivity contribution in [1.82, 2.24) is 10.6 Å². The van der Waals surface area contributed by atoms with Gasteiger partial charge in [-0.05, 0) is 48.9 Å². The molecule has 1 fully saturated rings. The Morgan fingerprint density at radius 2 is 1.88 bits per heavy atom. The van der Waals surface area contributed by atoms with Crippen molar-refractivity contribution in [2.75, 3.05) is 13.1 Å². The fourth-order valence-electron chi connectivity index (χ4n) is 3.32. The van der Waals surface area contributed by atoms with E-state index in [1.165, 1.54) is 25.0 Å². The predicted molar refractivity (Wildman–Crippen MR) is 98.5 cm³/mol. The maximum Gasteiger partial charge on any atom is 0.238 e. The summed E-state index contributed by atoms with van der Waals surface area (Å²) in [7, 11) is -3.65. The lowest BCUT2D eigenvalue weighted by atomic mass is 9.78. The molecule has 1 amide bonds. The predicted octanol–water partition coefficient (Wildman–Crippen LogP) is 1.41. The van der Waals surface area contributed by atoms with Gasteiger partial charge in [0.1, 0.15) is 0 Å². The Labute approximate surface area is 150 Å². The van der Waals surface area contributed by atoms with E-state index in [1.807, 2.05) is 0 Å². The quantitative estimate of drug-likeness (QED) is 0.634. The number of carbonyl (C=O) groups is 1. The molecule has 1 aliphatic rings.